The van der Waals surface area contributed by atoms with Crippen LogP contribution in [0.1, 0.15) is 85.6 Å². The smallest absolute Gasteiger partial charge is 0.261 e. The maximum Gasteiger partial charge on any atom is 0.261 e. The summed E-state index contributed by atoms with van der Waals surface area (Å²) in [6, 6.07) is 2.29. The van der Waals surface area contributed by atoms with Gasteiger partial charge in [0.2, 0.25) is 5.70 Å². The summed E-state index contributed by atoms with van der Waals surface area (Å²) < 4.78 is 0. The van der Waals surface area contributed by atoms with Crippen LogP contribution in [0.25, 0.3) is 16.1 Å². The number of aryl methyl sites for hydroxylation is 3. The summed E-state index contributed by atoms with van der Waals surface area (Å²) in [7, 11) is 0. The molecule has 1 amide bonds. The van der Waals surface area contributed by atoms with E-state index in [1.54, 1.807) is 11.3 Å². The average molecular weight is 454 g/mol. The SMILES string of the molecule is [C-]#[N+]/C(=C(\C#N)c1c(C)sc(C)c1C)c1c(C)sc(C(=O)NCCCCCCC)c1C. The minimum atomic E-state index is -0.0890. The predicted molar refractivity (Wildman–Crippen MR) is 132 cm³/mol. The molecule has 1 N–H and O–H groups in total. The van der Waals surface area contributed by atoms with Crippen LogP contribution in [0.2, 0.25) is 0 Å². The molecule has 31 heavy (non-hydrogen) atoms. The molecule has 0 aliphatic heterocycles. The highest BCUT2D eigenvalue weighted by atomic mass is 32.1. The molecule has 0 radical (unpaired) electrons. The summed E-state index contributed by atoms with van der Waals surface area (Å²) in [5.74, 6) is -0.0890. The van der Waals surface area contributed by atoms with Gasteiger partial charge in [-0.3, -0.25) is 4.79 Å². The number of hydrogen-bond donors (Lipinski definition) is 1. The molecule has 6 heteroatoms. The highest BCUT2D eigenvalue weighted by Gasteiger charge is 2.25. The number of thiophene rings is 2. The Kier molecular flexibility index (Phi) is 9.04. The second kappa shape index (κ2) is 11.3. The van der Waals surface area contributed by atoms with E-state index in [1.165, 1.54) is 30.6 Å². The largest absolute Gasteiger partial charge is 0.351 e. The van der Waals surface area contributed by atoms with Gasteiger partial charge < -0.3 is 5.32 Å². The van der Waals surface area contributed by atoms with Gasteiger partial charge in [0.1, 0.15) is 0 Å². The van der Waals surface area contributed by atoms with Crippen LogP contribution in [0.4, 0.5) is 0 Å². The summed E-state index contributed by atoms with van der Waals surface area (Å²) in [4.78, 5) is 20.3. The van der Waals surface area contributed by atoms with E-state index in [1.807, 2.05) is 34.6 Å². The van der Waals surface area contributed by atoms with E-state index in [2.05, 4.69) is 23.2 Å². The van der Waals surface area contributed by atoms with E-state index in [4.69, 9.17) is 6.57 Å². The van der Waals surface area contributed by atoms with E-state index in [-0.39, 0.29) is 5.91 Å². The van der Waals surface area contributed by atoms with Gasteiger partial charge in [-0.25, -0.2) is 4.85 Å². The number of nitrogens with one attached hydrogen (secondary N) is 1. The Morgan fingerprint density at radius 1 is 0.968 bits per heavy atom. The predicted octanol–water partition coefficient (Wildman–Crippen LogP) is 7.36. The number of carbonyl (C=O) groups excluding carboxylic acids is 1. The van der Waals surface area contributed by atoms with Crippen molar-refractivity contribution in [2.75, 3.05) is 6.54 Å². The molecule has 4 nitrogen and oxygen atoms in total. The molecular weight excluding hydrogens is 422 g/mol. The van der Waals surface area contributed by atoms with Crippen molar-refractivity contribution in [3.05, 3.63) is 53.2 Å². The lowest BCUT2D eigenvalue weighted by Gasteiger charge is -2.08. The number of hydrogen-bond acceptors (Lipinski definition) is 4. The summed E-state index contributed by atoms with van der Waals surface area (Å²) in [5.41, 5.74) is 4.17. The first kappa shape index (κ1) is 24.9. The molecule has 0 saturated heterocycles. The van der Waals surface area contributed by atoms with Gasteiger partial charge in [0.15, 0.2) is 0 Å². The number of allylic oxidation sites excluding steroid dienone is 1. The highest BCUT2D eigenvalue weighted by Crippen LogP contribution is 2.40. The highest BCUT2D eigenvalue weighted by molar-refractivity contribution is 7.14. The van der Waals surface area contributed by atoms with Crippen molar-refractivity contribution < 1.29 is 4.79 Å². The molecule has 0 aliphatic rings. The van der Waals surface area contributed by atoms with E-state index in [9.17, 15) is 10.1 Å². The van der Waals surface area contributed by atoms with Crippen LogP contribution in [0.15, 0.2) is 0 Å². The quantitative estimate of drug-likeness (QED) is 0.245. The van der Waals surface area contributed by atoms with Gasteiger partial charge in [-0.1, -0.05) is 32.6 Å². The van der Waals surface area contributed by atoms with Crippen LogP contribution >= 0.6 is 22.7 Å². The summed E-state index contributed by atoms with van der Waals surface area (Å²) in [6.07, 6.45) is 5.73. The number of unbranched alkanes of at least 4 members (excludes halogenated alkanes) is 4. The molecule has 164 valence electrons. The normalized spacial score (nSPS) is 11.6. The van der Waals surface area contributed by atoms with Crippen molar-refractivity contribution in [1.29, 1.82) is 5.26 Å². The molecule has 0 fully saturated rings. The number of carbonyl (C=O) groups is 1. The third-order valence-electron chi connectivity index (χ3n) is 5.60. The van der Waals surface area contributed by atoms with Gasteiger partial charge in [0, 0.05) is 16.3 Å². The van der Waals surface area contributed by atoms with Gasteiger partial charge in [-0.2, -0.15) is 5.26 Å². The molecule has 0 saturated carbocycles. The van der Waals surface area contributed by atoms with Crippen LogP contribution in [-0.4, -0.2) is 12.5 Å². The summed E-state index contributed by atoms with van der Waals surface area (Å²) in [5, 5.41) is 13.0. The molecular formula is C25H31N3OS2. The first-order chi connectivity index (χ1) is 14.8. The first-order valence-corrected chi connectivity index (χ1v) is 12.4. The van der Waals surface area contributed by atoms with Crippen molar-refractivity contribution in [2.45, 2.75) is 73.6 Å². The Bertz CT molecular complexity index is 1070. The Labute approximate surface area is 194 Å². The van der Waals surface area contributed by atoms with E-state index in [0.717, 1.165) is 49.7 Å². The van der Waals surface area contributed by atoms with Crippen LogP contribution in [0.5, 0.6) is 0 Å². The molecule has 0 bridgehead atoms. The van der Waals surface area contributed by atoms with Crippen molar-refractivity contribution in [3.8, 4) is 6.07 Å². The molecule has 2 aromatic heterocycles. The Morgan fingerprint density at radius 3 is 2.16 bits per heavy atom. The molecule has 0 atom stereocenters. The molecule has 0 unspecified atom stereocenters. The zero-order chi connectivity index (χ0) is 23.1. The first-order valence-electron chi connectivity index (χ1n) is 10.8. The van der Waals surface area contributed by atoms with Gasteiger partial charge in [0.05, 0.1) is 23.1 Å². The van der Waals surface area contributed by atoms with Gasteiger partial charge >= 0.3 is 0 Å². The van der Waals surface area contributed by atoms with Crippen LogP contribution in [0, 0.1) is 52.5 Å². The van der Waals surface area contributed by atoms with Crippen molar-refractivity contribution in [1.82, 2.24) is 5.32 Å². The van der Waals surface area contributed by atoms with Crippen LogP contribution < -0.4 is 5.32 Å². The number of rotatable bonds is 9. The number of nitriles is 1. The van der Waals surface area contributed by atoms with E-state index in [0.29, 0.717) is 22.7 Å². The van der Waals surface area contributed by atoms with Crippen molar-refractivity contribution in [3.63, 3.8) is 0 Å². The Morgan fingerprint density at radius 2 is 1.61 bits per heavy atom. The molecule has 0 aromatic carbocycles. The van der Waals surface area contributed by atoms with Gasteiger partial charge in [-0.05, 0) is 68.2 Å². The zero-order valence-corrected chi connectivity index (χ0v) is 21.0. The lowest BCUT2D eigenvalue weighted by molar-refractivity contribution is 0.0956. The maximum absolute atomic E-state index is 12.8. The fourth-order valence-electron chi connectivity index (χ4n) is 3.85. The van der Waals surface area contributed by atoms with Gasteiger partial charge in [-0.15, -0.1) is 22.7 Å². The maximum atomic E-state index is 12.8. The standard InChI is InChI=1S/C25H31N3OS2/c1-8-9-10-11-12-13-28-25(29)24-16(3)22(19(6)31-24)23(27-7)20(14-26)21-15(2)17(4)30-18(21)5/h8-13H2,1-6H3,(H,28,29)/b23-20+. The monoisotopic (exact) mass is 453 g/mol. The van der Waals surface area contributed by atoms with E-state index >= 15 is 0 Å². The van der Waals surface area contributed by atoms with Crippen molar-refractivity contribution >= 4 is 39.9 Å². The Balaban J connectivity index is 2.39. The minimum Gasteiger partial charge on any atom is -0.351 e. The number of nitrogens with zero attached hydrogens (tertiary/aromatic N) is 2. The topological polar surface area (TPSA) is 57.2 Å². The fourth-order valence-corrected chi connectivity index (χ4v) is 6.00. The zero-order valence-electron chi connectivity index (χ0n) is 19.4. The second-order valence-electron chi connectivity index (χ2n) is 7.82. The Hall–Kier alpha value is -2.41. The molecule has 2 heterocycles. The molecule has 0 spiro atoms. The third-order valence-corrected chi connectivity index (χ3v) is 7.93. The van der Waals surface area contributed by atoms with E-state index < -0.39 is 0 Å². The lowest BCUT2D eigenvalue weighted by atomic mass is 9.95. The van der Waals surface area contributed by atoms with Gasteiger partial charge in [0.25, 0.3) is 5.91 Å². The number of amides is 1. The summed E-state index contributed by atoms with van der Waals surface area (Å²) >= 11 is 3.05. The second-order valence-corrected chi connectivity index (χ2v) is 10.5. The molecule has 0 aliphatic carbocycles. The van der Waals surface area contributed by atoms with Crippen LogP contribution in [0.3, 0.4) is 0 Å². The third kappa shape index (κ3) is 5.45. The summed E-state index contributed by atoms with van der Waals surface area (Å²) in [6.45, 7) is 20.5. The van der Waals surface area contributed by atoms with Crippen LogP contribution in [-0.2, 0) is 0 Å². The lowest BCUT2D eigenvalue weighted by Crippen LogP contribution is -2.24. The molecule has 2 rings (SSSR count). The van der Waals surface area contributed by atoms with Crippen molar-refractivity contribution in [2.24, 2.45) is 0 Å². The fraction of sp³-hybridized carbons (Fsp3) is 0.480. The minimum absolute atomic E-state index is 0.0890. The average Bonchev–Trinajstić information content (AvgIpc) is 3.17. The molecule has 2 aromatic rings.